The molecule has 5 rings (SSSR count). The minimum Gasteiger partial charge on any atom is -0.491 e. The number of pyridine rings is 1. The zero-order valence-electron chi connectivity index (χ0n) is 22.1. The van der Waals surface area contributed by atoms with Gasteiger partial charge in [-0.3, -0.25) is 19.4 Å². The van der Waals surface area contributed by atoms with E-state index in [1.165, 1.54) is 11.8 Å². The normalized spacial score (nSPS) is 21.5. The molecule has 4 heterocycles. The first-order valence-electron chi connectivity index (χ1n) is 14.0. The molecule has 0 aliphatic carbocycles. The van der Waals surface area contributed by atoms with E-state index in [-0.39, 0.29) is 36.7 Å². The molecule has 0 unspecified atom stereocenters. The molecule has 3 aliphatic rings. The van der Waals surface area contributed by atoms with Crippen molar-refractivity contribution in [2.24, 2.45) is 5.41 Å². The van der Waals surface area contributed by atoms with Crippen LogP contribution in [-0.2, 0) is 16.0 Å². The minimum atomic E-state index is -0.410. The molecule has 2 aromatic rings. The third-order valence-electron chi connectivity index (χ3n) is 8.47. The quantitative estimate of drug-likeness (QED) is 0.668. The van der Waals surface area contributed by atoms with Gasteiger partial charge in [0.1, 0.15) is 12.4 Å². The lowest BCUT2D eigenvalue weighted by Crippen LogP contribution is -2.53. The fourth-order valence-electron chi connectivity index (χ4n) is 6.19. The summed E-state index contributed by atoms with van der Waals surface area (Å²) in [6.07, 6.45) is 10.5. The van der Waals surface area contributed by atoms with Crippen molar-refractivity contribution in [1.29, 1.82) is 0 Å². The van der Waals surface area contributed by atoms with Gasteiger partial charge >= 0.3 is 0 Å². The number of likely N-dealkylation sites (tertiary alicyclic amines) is 1. The maximum absolute atomic E-state index is 14.0. The molecular formula is C30H38N4O4. The lowest BCUT2D eigenvalue weighted by Gasteiger charge is -2.44. The lowest BCUT2D eigenvalue weighted by molar-refractivity contribution is -0.150. The van der Waals surface area contributed by atoms with Crippen molar-refractivity contribution >= 4 is 17.7 Å². The third kappa shape index (κ3) is 5.84. The van der Waals surface area contributed by atoms with E-state index < -0.39 is 5.41 Å². The average molecular weight is 519 g/mol. The monoisotopic (exact) mass is 518 g/mol. The molecule has 2 saturated heterocycles. The molecule has 8 heteroatoms. The number of para-hydroxylation sites is 1. The summed E-state index contributed by atoms with van der Waals surface area (Å²) in [5, 5.41) is 2.81. The number of carbonyl (C=O) groups is 3. The van der Waals surface area contributed by atoms with E-state index in [4.69, 9.17) is 4.74 Å². The highest BCUT2D eigenvalue weighted by molar-refractivity contribution is 5.94. The highest BCUT2D eigenvalue weighted by atomic mass is 16.5. The molecule has 0 bridgehead atoms. The standard InChI is InChI=1S/C30H38N4O4/c35-27(12-17-32-28(36)24-9-5-16-31-21-24)33-19-14-30(15-20-33)13-4-3-8-23-7-1-2-11-26(23)38-22-25-10-6-18-34(25)29(30)37/h1-2,5,7,9,11,16,21,25H,3-4,6,8,10,12-15,17-20,22H2,(H,32,36)/t25-/m0/s1. The summed E-state index contributed by atoms with van der Waals surface area (Å²) in [6.45, 7) is 2.77. The maximum Gasteiger partial charge on any atom is 0.252 e. The van der Waals surface area contributed by atoms with Crippen molar-refractivity contribution in [3.05, 3.63) is 59.9 Å². The van der Waals surface area contributed by atoms with Crippen LogP contribution in [0.1, 0.15) is 67.3 Å². The number of hydrogen-bond donors (Lipinski definition) is 1. The molecule has 3 aliphatic heterocycles. The van der Waals surface area contributed by atoms with Crippen molar-refractivity contribution in [2.45, 2.75) is 63.8 Å². The second-order valence-electron chi connectivity index (χ2n) is 10.8. The molecule has 1 aromatic heterocycles. The van der Waals surface area contributed by atoms with Crippen LogP contribution in [0.25, 0.3) is 0 Å². The van der Waals surface area contributed by atoms with E-state index in [1.807, 2.05) is 17.0 Å². The lowest BCUT2D eigenvalue weighted by atomic mass is 9.72. The van der Waals surface area contributed by atoms with Gasteiger partial charge in [-0.05, 0) is 68.7 Å². The summed E-state index contributed by atoms with van der Waals surface area (Å²) in [5.41, 5.74) is 1.32. The van der Waals surface area contributed by atoms with Gasteiger partial charge in [0.25, 0.3) is 5.91 Å². The first-order chi connectivity index (χ1) is 18.6. The van der Waals surface area contributed by atoms with Crippen molar-refractivity contribution in [3.63, 3.8) is 0 Å². The number of fused-ring (bicyclic) bond motifs is 2. The van der Waals surface area contributed by atoms with E-state index in [9.17, 15) is 14.4 Å². The predicted molar refractivity (Wildman–Crippen MR) is 144 cm³/mol. The number of piperidine rings is 1. The average Bonchev–Trinajstić information content (AvgIpc) is 3.43. The molecule has 1 N–H and O–H groups in total. The summed E-state index contributed by atoms with van der Waals surface area (Å²) < 4.78 is 6.25. The molecule has 2 fully saturated rings. The van der Waals surface area contributed by atoms with Gasteiger partial charge < -0.3 is 19.9 Å². The van der Waals surface area contributed by atoms with Crippen LogP contribution in [0.5, 0.6) is 5.75 Å². The zero-order chi connectivity index (χ0) is 26.4. The van der Waals surface area contributed by atoms with Crippen LogP contribution in [-0.4, -0.2) is 71.3 Å². The molecule has 38 heavy (non-hydrogen) atoms. The second kappa shape index (κ2) is 12.0. The number of ether oxygens (including phenoxy) is 1. The van der Waals surface area contributed by atoms with Gasteiger partial charge in [-0.2, -0.15) is 0 Å². The largest absolute Gasteiger partial charge is 0.491 e. The van der Waals surface area contributed by atoms with E-state index in [0.717, 1.165) is 50.8 Å². The smallest absolute Gasteiger partial charge is 0.252 e. The zero-order valence-corrected chi connectivity index (χ0v) is 22.1. The van der Waals surface area contributed by atoms with Crippen LogP contribution >= 0.6 is 0 Å². The Morgan fingerprint density at radius 1 is 1.03 bits per heavy atom. The molecule has 3 amide bonds. The Hall–Kier alpha value is -3.42. The predicted octanol–water partition coefficient (Wildman–Crippen LogP) is 3.61. The molecular weight excluding hydrogens is 480 g/mol. The van der Waals surface area contributed by atoms with E-state index in [1.54, 1.807) is 18.3 Å². The molecule has 1 aromatic carbocycles. The molecule has 8 nitrogen and oxygen atoms in total. The number of carbonyl (C=O) groups excluding carboxylic acids is 3. The summed E-state index contributed by atoms with van der Waals surface area (Å²) >= 11 is 0. The SMILES string of the molecule is O=C(NCCC(=O)N1CCC2(CCCCc3ccccc3OC[C@@H]3CCCN3C2=O)CC1)c1cccnc1. The summed E-state index contributed by atoms with van der Waals surface area (Å²) in [4.78, 5) is 47.1. The Bertz CT molecular complexity index is 1130. The number of nitrogens with one attached hydrogen (secondary N) is 1. The number of aryl methyl sites for hydroxylation is 1. The number of amides is 3. The van der Waals surface area contributed by atoms with Crippen LogP contribution in [0.15, 0.2) is 48.8 Å². The first kappa shape index (κ1) is 26.2. The maximum atomic E-state index is 14.0. The molecule has 0 saturated carbocycles. The fourth-order valence-corrected chi connectivity index (χ4v) is 6.19. The number of nitrogens with zero attached hydrogens (tertiary/aromatic N) is 3. The van der Waals surface area contributed by atoms with Crippen LogP contribution in [0.2, 0.25) is 0 Å². The highest BCUT2D eigenvalue weighted by Crippen LogP contribution is 2.41. The molecule has 202 valence electrons. The number of hydrogen-bond acceptors (Lipinski definition) is 5. The van der Waals surface area contributed by atoms with Gasteiger partial charge in [-0.15, -0.1) is 0 Å². The van der Waals surface area contributed by atoms with E-state index in [2.05, 4.69) is 27.3 Å². The van der Waals surface area contributed by atoms with Crippen molar-refractivity contribution in [2.75, 3.05) is 32.8 Å². The van der Waals surface area contributed by atoms with Crippen molar-refractivity contribution in [1.82, 2.24) is 20.1 Å². The Morgan fingerprint density at radius 2 is 1.87 bits per heavy atom. The Morgan fingerprint density at radius 3 is 2.68 bits per heavy atom. The van der Waals surface area contributed by atoms with Crippen LogP contribution < -0.4 is 10.1 Å². The Balaban J connectivity index is 1.19. The van der Waals surface area contributed by atoms with Gasteiger partial charge in [0.05, 0.1) is 17.0 Å². The second-order valence-corrected chi connectivity index (χ2v) is 10.8. The number of aromatic nitrogens is 1. The van der Waals surface area contributed by atoms with Gasteiger partial charge in [-0.25, -0.2) is 0 Å². The van der Waals surface area contributed by atoms with Crippen LogP contribution in [0.4, 0.5) is 0 Å². The van der Waals surface area contributed by atoms with Gasteiger partial charge in [0, 0.05) is 45.0 Å². The van der Waals surface area contributed by atoms with Gasteiger partial charge in [-0.1, -0.05) is 24.6 Å². The van der Waals surface area contributed by atoms with Crippen LogP contribution in [0.3, 0.4) is 0 Å². The van der Waals surface area contributed by atoms with Crippen molar-refractivity contribution < 1.29 is 19.1 Å². The Kier molecular flexibility index (Phi) is 8.25. The third-order valence-corrected chi connectivity index (χ3v) is 8.47. The minimum absolute atomic E-state index is 0.0241. The summed E-state index contributed by atoms with van der Waals surface area (Å²) in [5.74, 6) is 1.00. The molecule has 0 radical (unpaired) electrons. The number of rotatable bonds is 4. The van der Waals surface area contributed by atoms with Crippen molar-refractivity contribution in [3.8, 4) is 5.75 Å². The van der Waals surface area contributed by atoms with Gasteiger partial charge in [0.15, 0.2) is 0 Å². The van der Waals surface area contributed by atoms with E-state index in [0.29, 0.717) is 38.1 Å². The Labute approximate surface area is 224 Å². The number of benzene rings is 1. The molecule has 1 atom stereocenters. The summed E-state index contributed by atoms with van der Waals surface area (Å²) in [7, 11) is 0. The van der Waals surface area contributed by atoms with Crippen LogP contribution in [0, 0.1) is 5.41 Å². The summed E-state index contributed by atoms with van der Waals surface area (Å²) in [6, 6.07) is 11.8. The van der Waals surface area contributed by atoms with E-state index >= 15 is 0 Å². The molecule has 1 spiro atoms. The van der Waals surface area contributed by atoms with Gasteiger partial charge in [0.2, 0.25) is 11.8 Å². The topological polar surface area (TPSA) is 91.8 Å². The highest BCUT2D eigenvalue weighted by Gasteiger charge is 2.46. The fraction of sp³-hybridized carbons (Fsp3) is 0.533. The first-order valence-corrected chi connectivity index (χ1v) is 14.0.